The molecule has 7 nitrogen and oxygen atoms in total. The molecule has 0 radical (unpaired) electrons. The monoisotopic (exact) mass is 318 g/mol. The molecule has 5 N–H and O–H groups in total. The summed E-state index contributed by atoms with van der Waals surface area (Å²) in [6.07, 6.45) is 1.83. The van der Waals surface area contributed by atoms with Crippen molar-refractivity contribution in [2.45, 2.75) is 44.7 Å². The van der Waals surface area contributed by atoms with Gasteiger partial charge in [-0.25, -0.2) is 4.79 Å². The Hall–Kier alpha value is -2.41. The molecule has 2 atom stereocenters. The minimum absolute atomic E-state index is 0.227. The van der Waals surface area contributed by atoms with Gasteiger partial charge in [0.05, 0.1) is 5.54 Å². The van der Waals surface area contributed by atoms with Crippen LogP contribution in [0.3, 0.4) is 0 Å². The lowest BCUT2D eigenvalue weighted by atomic mass is 9.96. The number of amides is 4. The van der Waals surface area contributed by atoms with Crippen LogP contribution in [0.1, 0.15) is 32.3 Å². The highest BCUT2D eigenvalue weighted by molar-refractivity contribution is 6.04. The van der Waals surface area contributed by atoms with Gasteiger partial charge >= 0.3 is 6.03 Å². The molecule has 0 aliphatic carbocycles. The number of carbonyl (C=O) groups excluding carboxylic acids is 3. The number of hydrogen-bond donors (Lipinski definition) is 4. The number of rotatable bonds is 6. The molecule has 1 saturated heterocycles. The standard InChI is InChI=1S/C16H22N4O3/c1-3-8-16(2,17)14(22)18-11-6-4-10(5-7-11)9-12-13(21)20-15(23)19-12/h4-7,12H,3,8-9,17H2,1-2H3,(H,18,22)(H2,19,20,21,23). The van der Waals surface area contributed by atoms with Gasteiger partial charge in [-0.05, 0) is 31.0 Å². The summed E-state index contributed by atoms with van der Waals surface area (Å²) in [6, 6.07) is 6.09. The van der Waals surface area contributed by atoms with Gasteiger partial charge in [-0.3, -0.25) is 14.9 Å². The summed E-state index contributed by atoms with van der Waals surface area (Å²) in [7, 11) is 0. The van der Waals surface area contributed by atoms with Crippen LogP contribution in [-0.4, -0.2) is 29.4 Å². The Balaban J connectivity index is 1.96. The highest BCUT2D eigenvalue weighted by Crippen LogP contribution is 2.16. The first-order valence-electron chi connectivity index (χ1n) is 7.62. The molecule has 1 aliphatic rings. The third kappa shape index (κ3) is 4.29. The second-order valence-corrected chi connectivity index (χ2v) is 6.04. The summed E-state index contributed by atoms with van der Waals surface area (Å²) in [4.78, 5) is 34.7. The van der Waals surface area contributed by atoms with Crippen LogP contribution >= 0.6 is 0 Å². The van der Waals surface area contributed by atoms with Crippen LogP contribution in [0.15, 0.2) is 24.3 Å². The van der Waals surface area contributed by atoms with Crippen molar-refractivity contribution in [1.82, 2.24) is 10.6 Å². The van der Waals surface area contributed by atoms with Gasteiger partial charge in [0.2, 0.25) is 5.91 Å². The third-order valence-electron chi connectivity index (χ3n) is 3.80. The maximum absolute atomic E-state index is 12.1. The molecule has 124 valence electrons. The Kier molecular flexibility index (Phi) is 5.00. The number of hydrogen-bond acceptors (Lipinski definition) is 4. The lowest BCUT2D eigenvalue weighted by Crippen LogP contribution is -2.48. The molecule has 1 heterocycles. The van der Waals surface area contributed by atoms with Gasteiger partial charge in [-0.1, -0.05) is 25.5 Å². The number of urea groups is 1. The Morgan fingerprint density at radius 3 is 2.48 bits per heavy atom. The van der Waals surface area contributed by atoms with Gasteiger partial charge in [0.15, 0.2) is 0 Å². The molecule has 1 aromatic carbocycles. The molecular weight excluding hydrogens is 296 g/mol. The third-order valence-corrected chi connectivity index (χ3v) is 3.80. The van der Waals surface area contributed by atoms with Gasteiger partial charge < -0.3 is 16.4 Å². The highest BCUT2D eigenvalue weighted by Gasteiger charge is 2.29. The van der Waals surface area contributed by atoms with Crippen LogP contribution in [0.4, 0.5) is 10.5 Å². The lowest BCUT2D eigenvalue weighted by Gasteiger charge is -2.22. The van der Waals surface area contributed by atoms with E-state index in [9.17, 15) is 14.4 Å². The van der Waals surface area contributed by atoms with Crippen molar-refractivity contribution in [3.05, 3.63) is 29.8 Å². The number of anilines is 1. The van der Waals surface area contributed by atoms with Crippen molar-refractivity contribution in [2.24, 2.45) is 5.73 Å². The smallest absolute Gasteiger partial charge is 0.322 e. The molecule has 1 fully saturated rings. The summed E-state index contributed by atoms with van der Waals surface area (Å²) < 4.78 is 0. The molecule has 1 aliphatic heterocycles. The molecule has 7 heteroatoms. The molecule has 2 unspecified atom stereocenters. The SMILES string of the molecule is CCCC(C)(N)C(=O)Nc1ccc(CC2NC(=O)NC2=O)cc1. The lowest BCUT2D eigenvalue weighted by molar-refractivity contribution is -0.121. The average Bonchev–Trinajstić information content (AvgIpc) is 2.79. The molecule has 1 aromatic rings. The van der Waals surface area contributed by atoms with E-state index in [-0.39, 0.29) is 11.8 Å². The summed E-state index contributed by atoms with van der Waals surface area (Å²) in [6.45, 7) is 3.69. The van der Waals surface area contributed by atoms with Crippen LogP contribution in [0.2, 0.25) is 0 Å². The van der Waals surface area contributed by atoms with Gasteiger partial charge in [-0.2, -0.15) is 0 Å². The minimum Gasteiger partial charge on any atom is -0.326 e. The molecular formula is C16H22N4O3. The fourth-order valence-corrected chi connectivity index (χ4v) is 2.47. The number of benzene rings is 1. The van der Waals surface area contributed by atoms with E-state index in [0.29, 0.717) is 18.5 Å². The first-order chi connectivity index (χ1) is 10.8. The Bertz CT molecular complexity index is 610. The average molecular weight is 318 g/mol. The van der Waals surface area contributed by atoms with Gasteiger partial charge in [0.1, 0.15) is 6.04 Å². The maximum Gasteiger partial charge on any atom is 0.322 e. The second-order valence-electron chi connectivity index (χ2n) is 6.04. The fourth-order valence-electron chi connectivity index (χ4n) is 2.47. The van der Waals surface area contributed by atoms with Gasteiger partial charge in [-0.15, -0.1) is 0 Å². The van der Waals surface area contributed by atoms with E-state index in [0.717, 1.165) is 12.0 Å². The van der Waals surface area contributed by atoms with E-state index in [1.165, 1.54) is 0 Å². The van der Waals surface area contributed by atoms with Crippen LogP contribution in [-0.2, 0) is 16.0 Å². The van der Waals surface area contributed by atoms with E-state index in [4.69, 9.17) is 5.73 Å². The van der Waals surface area contributed by atoms with E-state index >= 15 is 0 Å². The first-order valence-corrected chi connectivity index (χ1v) is 7.62. The normalized spacial score (nSPS) is 19.7. The largest absolute Gasteiger partial charge is 0.326 e. The van der Waals surface area contributed by atoms with Crippen LogP contribution in [0, 0.1) is 0 Å². The summed E-state index contributed by atoms with van der Waals surface area (Å²) in [5.74, 6) is -0.555. The summed E-state index contributed by atoms with van der Waals surface area (Å²) in [5, 5.41) is 7.53. The second kappa shape index (κ2) is 6.78. The summed E-state index contributed by atoms with van der Waals surface area (Å²) >= 11 is 0. The van der Waals surface area contributed by atoms with E-state index < -0.39 is 17.6 Å². The Morgan fingerprint density at radius 1 is 1.30 bits per heavy atom. The van der Waals surface area contributed by atoms with Crippen molar-refractivity contribution >= 4 is 23.5 Å². The van der Waals surface area contributed by atoms with Crippen molar-refractivity contribution in [3.8, 4) is 0 Å². The van der Waals surface area contributed by atoms with Crippen molar-refractivity contribution in [2.75, 3.05) is 5.32 Å². The van der Waals surface area contributed by atoms with Crippen molar-refractivity contribution in [1.29, 1.82) is 0 Å². The van der Waals surface area contributed by atoms with Crippen LogP contribution < -0.4 is 21.7 Å². The Morgan fingerprint density at radius 2 is 1.96 bits per heavy atom. The van der Waals surface area contributed by atoms with E-state index in [2.05, 4.69) is 16.0 Å². The molecule has 0 aromatic heterocycles. The summed E-state index contributed by atoms with van der Waals surface area (Å²) in [5.41, 5.74) is 6.61. The van der Waals surface area contributed by atoms with Crippen molar-refractivity contribution < 1.29 is 14.4 Å². The molecule has 2 rings (SSSR count). The molecule has 0 saturated carbocycles. The van der Waals surface area contributed by atoms with E-state index in [1.54, 1.807) is 31.2 Å². The number of nitrogens with one attached hydrogen (secondary N) is 3. The molecule has 0 bridgehead atoms. The molecule has 23 heavy (non-hydrogen) atoms. The van der Waals surface area contributed by atoms with Gasteiger partial charge in [0, 0.05) is 12.1 Å². The van der Waals surface area contributed by atoms with E-state index in [1.807, 2.05) is 6.92 Å². The fraction of sp³-hybridized carbons (Fsp3) is 0.438. The predicted octanol–water partition coefficient (Wildman–Crippen LogP) is 0.893. The molecule has 0 spiro atoms. The zero-order chi connectivity index (χ0) is 17.0. The molecule has 4 amide bonds. The maximum atomic E-state index is 12.1. The quantitative estimate of drug-likeness (QED) is 0.583. The zero-order valence-corrected chi connectivity index (χ0v) is 13.3. The first kappa shape index (κ1) is 17.0. The minimum atomic E-state index is -0.903. The zero-order valence-electron chi connectivity index (χ0n) is 13.3. The highest BCUT2D eigenvalue weighted by atomic mass is 16.2. The van der Waals surface area contributed by atoms with Gasteiger partial charge in [0.25, 0.3) is 5.91 Å². The predicted molar refractivity (Wildman–Crippen MR) is 86.7 cm³/mol. The topological polar surface area (TPSA) is 113 Å². The van der Waals surface area contributed by atoms with Crippen LogP contribution in [0.5, 0.6) is 0 Å². The Labute approximate surface area is 135 Å². The number of nitrogens with two attached hydrogens (primary N) is 1. The number of imide groups is 1. The van der Waals surface area contributed by atoms with Crippen molar-refractivity contribution in [3.63, 3.8) is 0 Å². The number of carbonyl (C=O) groups is 3. The van der Waals surface area contributed by atoms with Crippen LogP contribution in [0.25, 0.3) is 0 Å².